The van der Waals surface area contributed by atoms with Crippen LogP contribution in [-0.4, -0.2) is 11.7 Å². The van der Waals surface area contributed by atoms with Gasteiger partial charge in [-0.25, -0.2) is 0 Å². The van der Waals surface area contributed by atoms with Gasteiger partial charge >= 0.3 is 0 Å². The molecule has 122 valence electrons. The van der Waals surface area contributed by atoms with Crippen LogP contribution in [0.15, 0.2) is 48.5 Å². The molecule has 0 bridgehead atoms. The summed E-state index contributed by atoms with van der Waals surface area (Å²) >= 11 is 1.80. The van der Waals surface area contributed by atoms with Crippen LogP contribution in [0.25, 0.3) is 0 Å². The van der Waals surface area contributed by atoms with E-state index in [1.807, 2.05) is 6.07 Å². The summed E-state index contributed by atoms with van der Waals surface area (Å²) in [4.78, 5) is 12.2. The predicted octanol–water partition coefficient (Wildman–Crippen LogP) is 5.07. The van der Waals surface area contributed by atoms with Gasteiger partial charge in [-0.15, -0.1) is 0 Å². The summed E-state index contributed by atoms with van der Waals surface area (Å²) in [7, 11) is 0. The van der Waals surface area contributed by atoms with E-state index in [4.69, 9.17) is 0 Å². The van der Waals surface area contributed by atoms with Gasteiger partial charge in [0, 0.05) is 23.6 Å². The molecular formula is C20H25NOS. The summed E-state index contributed by atoms with van der Waals surface area (Å²) in [6, 6.07) is 16.6. The van der Waals surface area contributed by atoms with Crippen molar-refractivity contribution in [3.8, 4) is 0 Å². The number of hydrogen-bond acceptors (Lipinski definition) is 2. The van der Waals surface area contributed by atoms with Crippen molar-refractivity contribution < 1.29 is 4.79 Å². The summed E-state index contributed by atoms with van der Waals surface area (Å²) in [5, 5.41) is 3.13. The van der Waals surface area contributed by atoms with E-state index in [9.17, 15) is 4.79 Å². The quantitative estimate of drug-likeness (QED) is 0.686. The van der Waals surface area contributed by atoms with E-state index in [-0.39, 0.29) is 5.91 Å². The first-order valence-corrected chi connectivity index (χ1v) is 9.42. The second kappa shape index (κ2) is 9.41. The summed E-state index contributed by atoms with van der Waals surface area (Å²) in [5.41, 5.74) is 4.77. The van der Waals surface area contributed by atoms with Crippen molar-refractivity contribution in [2.24, 2.45) is 0 Å². The van der Waals surface area contributed by atoms with E-state index >= 15 is 0 Å². The minimum atomic E-state index is 0.112. The molecule has 0 spiro atoms. The van der Waals surface area contributed by atoms with Crippen molar-refractivity contribution in [1.82, 2.24) is 0 Å². The lowest BCUT2D eigenvalue weighted by Crippen LogP contribution is -2.15. The third-order valence-electron chi connectivity index (χ3n) is 3.85. The number of carbonyl (C=O) groups is 1. The van der Waals surface area contributed by atoms with Crippen LogP contribution in [-0.2, 0) is 23.4 Å². The molecule has 0 radical (unpaired) electrons. The lowest BCUT2D eigenvalue weighted by molar-refractivity contribution is -0.115. The van der Waals surface area contributed by atoms with Gasteiger partial charge in [-0.3, -0.25) is 4.79 Å². The second-order valence-electron chi connectivity index (χ2n) is 5.49. The number of amides is 1. The van der Waals surface area contributed by atoms with E-state index in [1.165, 1.54) is 16.7 Å². The number of rotatable bonds is 8. The van der Waals surface area contributed by atoms with Crippen molar-refractivity contribution >= 4 is 23.4 Å². The molecule has 23 heavy (non-hydrogen) atoms. The Morgan fingerprint density at radius 1 is 0.957 bits per heavy atom. The van der Waals surface area contributed by atoms with Crippen molar-refractivity contribution in [3.05, 3.63) is 65.2 Å². The van der Waals surface area contributed by atoms with Crippen LogP contribution in [0, 0.1) is 0 Å². The normalized spacial score (nSPS) is 10.5. The monoisotopic (exact) mass is 327 g/mol. The first kappa shape index (κ1) is 17.6. The number of aryl methyl sites for hydroxylation is 2. The first-order chi connectivity index (χ1) is 11.2. The van der Waals surface area contributed by atoms with Gasteiger partial charge in [0.25, 0.3) is 0 Å². The minimum Gasteiger partial charge on any atom is -0.326 e. The van der Waals surface area contributed by atoms with Crippen LogP contribution in [0.1, 0.15) is 37.0 Å². The Balaban J connectivity index is 1.83. The first-order valence-electron chi connectivity index (χ1n) is 8.26. The minimum absolute atomic E-state index is 0.112. The van der Waals surface area contributed by atoms with E-state index in [0.29, 0.717) is 6.42 Å². The van der Waals surface area contributed by atoms with Crippen LogP contribution in [0.3, 0.4) is 0 Å². The third kappa shape index (κ3) is 5.43. The summed E-state index contributed by atoms with van der Waals surface area (Å²) in [6.07, 6.45) is 2.43. The van der Waals surface area contributed by atoms with Crippen LogP contribution in [0.2, 0.25) is 0 Å². The Hall–Kier alpha value is -1.74. The molecule has 2 aromatic rings. The van der Waals surface area contributed by atoms with Crippen molar-refractivity contribution in [3.63, 3.8) is 0 Å². The van der Waals surface area contributed by atoms with Crippen molar-refractivity contribution in [2.45, 2.75) is 38.9 Å². The number of hydrogen-bond donors (Lipinski definition) is 1. The van der Waals surface area contributed by atoms with Gasteiger partial charge in [0.15, 0.2) is 0 Å². The molecular weight excluding hydrogens is 302 g/mol. The number of carbonyl (C=O) groups excluding carboxylic acids is 1. The molecule has 1 amide bonds. The Labute approximate surface area is 143 Å². The molecule has 2 nitrogen and oxygen atoms in total. The average Bonchev–Trinajstić information content (AvgIpc) is 2.60. The van der Waals surface area contributed by atoms with E-state index in [2.05, 4.69) is 61.6 Å². The zero-order valence-corrected chi connectivity index (χ0v) is 14.8. The fraction of sp³-hybridized carbons (Fsp3) is 0.350. The maximum atomic E-state index is 12.2. The third-order valence-corrected chi connectivity index (χ3v) is 4.88. The number of para-hydroxylation sites is 1. The second-order valence-corrected chi connectivity index (χ2v) is 6.60. The maximum absolute atomic E-state index is 12.2. The van der Waals surface area contributed by atoms with Gasteiger partial charge in [-0.2, -0.15) is 11.8 Å². The zero-order chi connectivity index (χ0) is 16.5. The molecule has 3 heteroatoms. The standard InChI is InChI=1S/C20H25NOS/c1-3-17-11-8-12-18(4-2)20(17)21-19(22)13-14-23-15-16-9-6-5-7-10-16/h5-12H,3-4,13-15H2,1-2H3,(H,21,22). The Kier molecular flexibility index (Phi) is 7.21. The smallest absolute Gasteiger partial charge is 0.225 e. The van der Waals surface area contributed by atoms with E-state index < -0.39 is 0 Å². The summed E-state index contributed by atoms with van der Waals surface area (Å²) in [6.45, 7) is 4.25. The molecule has 0 aromatic heterocycles. The molecule has 0 aliphatic heterocycles. The number of nitrogens with one attached hydrogen (secondary N) is 1. The SMILES string of the molecule is CCc1cccc(CC)c1NC(=O)CCSCc1ccccc1. The van der Waals surface area contributed by atoms with Gasteiger partial charge in [-0.05, 0) is 29.5 Å². The largest absolute Gasteiger partial charge is 0.326 e. The maximum Gasteiger partial charge on any atom is 0.225 e. The number of anilines is 1. The zero-order valence-electron chi connectivity index (χ0n) is 14.0. The molecule has 0 fully saturated rings. The fourth-order valence-electron chi connectivity index (χ4n) is 2.53. The highest BCUT2D eigenvalue weighted by molar-refractivity contribution is 7.98. The molecule has 0 aliphatic carbocycles. The van der Waals surface area contributed by atoms with Crippen LogP contribution in [0.5, 0.6) is 0 Å². The van der Waals surface area contributed by atoms with Crippen LogP contribution >= 0.6 is 11.8 Å². The Bertz CT molecular complexity index is 603. The summed E-state index contributed by atoms with van der Waals surface area (Å²) < 4.78 is 0. The molecule has 1 N–H and O–H groups in total. The average molecular weight is 327 g/mol. The molecule has 2 rings (SSSR count). The van der Waals surface area contributed by atoms with E-state index in [0.717, 1.165) is 30.0 Å². The van der Waals surface area contributed by atoms with Gasteiger partial charge in [0.1, 0.15) is 0 Å². The Morgan fingerprint density at radius 3 is 2.22 bits per heavy atom. The highest BCUT2D eigenvalue weighted by atomic mass is 32.2. The van der Waals surface area contributed by atoms with Crippen LogP contribution < -0.4 is 5.32 Å². The highest BCUT2D eigenvalue weighted by Crippen LogP contribution is 2.23. The fourth-order valence-corrected chi connectivity index (χ4v) is 3.44. The molecule has 2 aromatic carbocycles. The van der Waals surface area contributed by atoms with Crippen molar-refractivity contribution in [2.75, 3.05) is 11.1 Å². The van der Waals surface area contributed by atoms with E-state index in [1.54, 1.807) is 11.8 Å². The summed E-state index contributed by atoms with van der Waals surface area (Å²) in [5.74, 6) is 1.91. The number of thioether (sulfide) groups is 1. The van der Waals surface area contributed by atoms with Gasteiger partial charge in [0.2, 0.25) is 5.91 Å². The number of benzene rings is 2. The molecule has 0 atom stereocenters. The predicted molar refractivity (Wildman–Crippen MR) is 101 cm³/mol. The van der Waals surface area contributed by atoms with Crippen molar-refractivity contribution in [1.29, 1.82) is 0 Å². The molecule has 0 saturated heterocycles. The molecule has 0 heterocycles. The van der Waals surface area contributed by atoms with Gasteiger partial charge < -0.3 is 5.32 Å². The molecule has 0 unspecified atom stereocenters. The molecule has 0 saturated carbocycles. The lowest BCUT2D eigenvalue weighted by atomic mass is 10.0. The van der Waals surface area contributed by atoms with Gasteiger partial charge in [-0.1, -0.05) is 62.4 Å². The topological polar surface area (TPSA) is 29.1 Å². The lowest BCUT2D eigenvalue weighted by Gasteiger charge is -2.14. The van der Waals surface area contributed by atoms with Crippen LogP contribution in [0.4, 0.5) is 5.69 Å². The molecule has 0 aliphatic rings. The highest BCUT2D eigenvalue weighted by Gasteiger charge is 2.09. The van der Waals surface area contributed by atoms with Gasteiger partial charge in [0.05, 0.1) is 0 Å². The Morgan fingerprint density at radius 2 is 1.61 bits per heavy atom.